The number of nitrogens with zero attached hydrogens (tertiary/aromatic N) is 3. The van der Waals surface area contributed by atoms with E-state index in [0.717, 1.165) is 11.3 Å². The molecule has 0 aliphatic carbocycles. The van der Waals surface area contributed by atoms with Gasteiger partial charge in [-0.05, 0) is 29.8 Å². The van der Waals surface area contributed by atoms with E-state index >= 15 is 0 Å². The van der Waals surface area contributed by atoms with E-state index in [4.69, 9.17) is 0 Å². The minimum atomic E-state index is -0.311. The fourth-order valence-corrected chi connectivity index (χ4v) is 2.68. The standard InChI is InChI=1S/C21H23N5O2/c1-25(2)18-10-8-16(9-11-18)15-26-19(12-13-23-26)24-20(27)14-22-21(28)17-6-4-3-5-7-17/h3-13H,14-15H2,1-2H3,(H,22,28)(H,24,27). The summed E-state index contributed by atoms with van der Waals surface area (Å²) in [6.45, 7) is 0.420. The summed E-state index contributed by atoms with van der Waals surface area (Å²) >= 11 is 0. The number of nitrogens with one attached hydrogen (secondary N) is 2. The number of amides is 2. The Hall–Kier alpha value is -3.61. The van der Waals surface area contributed by atoms with Crippen molar-refractivity contribution in [2.24, 2.45) is 0 Å². The van der Waals surface area contributed by atoms with E-state index in [1.54, 1.807) is 41.2 Å². The van der Waals surface area contributed by atoms with Gasteiger partial charge in [0.05, 0.1) is 19.3 Å². The maximum absolute atomic E-state index is 12.2. The van der Waals surface area contributed by atoms with Gasteiger partial charge < -0.3 is 15.5 Å². The Bertz CT molecular complexity index is 933. The zero-order chi connectivity index (χ0) is 19.9. The summed E-state index contributed by atoms with van der Waals surface area (Å²) in [6.07, 6.45) is 1.63. The lowest BCUT2D eigenvalue weighted by molar-refractivity contribution is -0.115. The molecule has 144 valence electrons. The predicted octanol–water partition coefficient (Wildman–Crippen LogP) is 2.37. The molecule has 28 heavy (non-hydrogen) atoms. The number of anilines is 2. The first-order valence-electron chi connectivity index (χ1n) is 8.94. The molecule has 0 aliphatic heterocycles. The molecule has 0 radical (unpaired) electrons. The molecule has 2 N–H and O–H groups in total. The summed E-state index contributed by atoms with van der Waals surface area (Å²) in [5.41, 5.74) is 2.70. The first-order valence-corrected chi connectivity index (χ1v) is 8.94. The monoisotopic (exact) mass is 377 g/mol. The van der Waals surface area contributed by atoms with Crippen molar-refractivity contribution >= 4 is 23.3 Å². The van der Waals surface area contributed by atoms with Gasteiger partial charge in [0, 0.05) is 31.4 Å². The molecule has 1 aromatic heterocycles. The van der Waals surface area contributed by atoms with Crippen LogP contribution in [0.15, 0.2) is 66.9 Å². The Labute approximate surface area is 164 Å². The van der Waals surface area contributed by atoms with Crippen LogP contribution in [-0.4, -0.2) is 42.2 Å². The van der Waals surface area contributed by atoms with Gasteiger partial charge in [0.15, 0.2) is 0 Å². The molecule has 7 nitrogen and oxygen atoms in total. The smallest absolute Gasteiger partial charge is 0.251 e. The molecule has 2 aromatic carbocycles. The van der Waals surface area contributed by atoms with Crippen LogP contribution in [-0.2, 0) is 11.3 Å². The molecule has 3 rings (SSSR count). The van der Waals surface area contributed by atoms with Gasteiger partial charge in [-0.1, -0.05) is 30.3 Å². The highest BCUT2D eigenvalue weighted by Crippen LogP contribution is 2.15. The van der Waals surface area contributed by atoms with E-state index in [2.05, 4.69) is 15.7 Å². The fourth-order valence-electron chi connectivity index (χ4n) is 2.68. The topological polar surface area (TPSA) is 79.3 Å². The second-order valence-electron chi connectivity index (χ2n) is 6.53. The minimum Gasteiger partial charge on any atom is -0.378 e. The largest absolute Gasteiger partial charge is 0.378 e. The van der Waals surface area contributed by atoms with Crippen molar-refractivity contribution in [2.45, 2.75) is 6.54 Å². The normalized spacial score (nSPS) is 10.4. The minimum absolute atomic E-state index is 0.115. The van der Waals surface area contributed by atoms with Crippen molar-refractivity contribution in [2.75, 3.05) is 30.9 Å². The summed E-state index contributed by atoms with van der Waals surface area (Å²) in [6, 6.07) is 18.6. The summed E-state index contributed by atoms with van der Waals surface area (Å²) in [4.78, 5) is 26.3. The van der Waals surface area contributed by atoms with Gasteiger partial charge >= 0.3 is 0 Å². The first-order chi connectivity index (χ1) is 13.5. The van der Waals surface area contributed by atoms with Crippen LogP contribution in [0.3, 0.4) is 0 Å². The number of hydrogen-bond acceptors (Lipinski definition) is 4. The lowest BCUT2D eigenvalue weighted by atomic mass is 10.2. The summed E-state index contributed by atoms with van der Waals surface area (Å²) < 4.78 is 1.71. The Morgan fingerprint density at radius 3 is 2.39 bits per heavy atom. The Morgan fingerprint density at radius 1 is 1.00 bits per heavy atom. The molecule has 0 aliphatic rings. The molecule has 3 aromatic rings. The van der Waals surface area contributed by atoms with Crippen LogP contribution < -0.4 is 15.5 Å². The van der Waals surface area contributed by atoms with Crippen molar-refractivity contribution in [3.8, 4) is 0 Å². The molecule has 2 amide bonds. The highest BCUT2D eigenvalue weighted by atomic mass is 16.2. The van der Waals surface area contributed by atoms with E-state index in [9.17, 15) is 9.59 Å². The third-order valence-corrected chi connectivity index (χ3v) is 4.21. The number of aromatic nitrogens is 2. The Balaban J connectivity index is 1.56. The Kier molecular flexibility index (Phi) is 6.06. The summed E-state index contributed by atoms with van der Waals surface area (Å²) in [5.74, 6) is -0.0186. The van der Waals surface area contributed by atoms with Crippen molar-refractivity contribution in [1.29, 1.82) is 0 Å². The molecular formula is C21H23N5O2. The SMILES string of the molecule is CN(C)c1ccc(Cn2nccc2NC(=O)CNC(=O)c2ccccc2)cc1. The molecule has 0 saturated carbocycles. The quantitative estimate of drug-likeness (QED) is 0.663. The highest BCUT2D eigenvalue weighted by Gasteiger charge is 2.10. The van der Waals surface area contributed by atoms with Crippen LogP contribution in [0.25, 0.3) is 0 Å². The number of carbonyl (C=O) groups excluding carboxylic acids is 2. The molecule has 7 heteroatoms. The van der Waals surface area contributed by atoms with Gasteiger partial charge in [-0.25, -0.2) is 4.68 Å². The predicted molar refractivity (Wildman–Crippen MR) is 110 cm³/mol. The fraction of sp³-hybridized carbons (Fsp3) is 0.190. The van der Waals surface area contributed by atoms with Crippen LogP contribution in [0.2, 0.25) is 0 Å². The lowest BCUT2D eigenvalue weighted by Gasteiger charge is -2.13. The van der Waals surface area contributed by atoms with Gasteiger partial charge in [-0.15, -0.1) is 0 Å². The van der Waals surface area contributed by atoms with Crippen LogP contribution in [0.5, 0.6) is 0 Å². The highest BCUT2D eigenvalue weighted by molar-refractivity contribution is 5.99. The van der Waals surface area contributed by atoms with E-state index in [0.29, 0.717) is 17.9 Å². The van der Waals surface area contributed by atoms with Gasteiger partial charge in [0.1, 0.15) is 5.82 Å². The second kappa shape index (κ2) is 8.85. The van der Waals surface area contributed by atoms with Gasteiger partial charge in [-0.2, -0.15) is 5.10 Å². The molecule has 0 bridgehead atoms. The van der Waals surface area contributed by atoms with E-state index < -0.39 is 0 Å². The number of carbonyl (C=O) groups is 2. The lowest BCUT2D eigenvalue weighted by Crippen LogP contribution is -2.33. The van der Waals surface area contributed by atoms with Crippen LogP contribution in [0, 0.1) is 0 Å². The van der Waals surface area contributed by atoms with E-state index in [-0.39, 0.29) is 18.4 Å². The van der Waals surface area contributed by atoms with E-state index in [1.165, 1.54) is 0 Å². The maximum atomic E-state index is 12.2. The third kappa shape index (κ3) is 4.97. The van der Waals surface area contributed by atoms with Crippen LogP contribution >= 0.6 is 0 Å². The number of hydrogen-bond donors (Lipinski definition) is 2. The zero-order valence-electron chi connectivity index (χ0n) is 15.9. The van der Waals surface area contributed by atoms with Crippen molar-refractivity contribution in [3.63, 3.8) is 0 Å². The number of benzene rings is 2. The molecule has 0 saturated heterocycles. The number of rotatable bonds is 7. The van der Waals surface area contributed by atoms with E-state index in [1.807, 2.05) is 49.3 Å². The van der Waals surface area contributed by atoms with Crippen molar-refractivity contribution in [1.82, 2.24) is 15.1 Å². The Morgan fingerprint density at radius 2 is 1.71 bits per heavy atom. The maximum Gasteiger partial charge on any atom is 0.251 e. The molecular weight excluding hydrogens is 354 g/mol. The molecule has 1 heterocycles. The van der Waals surface area contributed by atoms with Gasteiger partial charge in [-0.3, -0.25) is 9.59 Å². The second-order valence-corrected chi connectivity index (χ2v) is 6.53. The first kappa shape index (κ1) is 19.2. The summed E-state index contributed by atoms with van der Waals surface area (Å²) in [5, 5.41) is 9.67. The van der Waals surface area contributed by atoms with Crippen LogP contribution in [0.4, 0.5) is 11.5 Å². The van der Waals surface area contributed by atoms with Gasteiger partial charge in [0.25, 0.3) is 5.91 Å². The molecule has 0 atom stereocenters. The molecule has 0 spiro atoms. The van der Waals surface area contributed by atoms with Gasteiger partial charge in [0.2, 0.25) is 5.91 Å². The van der Waals surface area contributed by atoms with Crippen molar-refractivity contribution < 1.29 is 9.59 Å². The average molecular weight is 377 g/mol. The van der Waals surface area contributed by atoms with Crippen LogP contribution in [0.1, 0.15) is 15.9 Å². The van der Waals surface area contributed by atoms with Crippen molar-refractivity contribution in [3.05, 3.63) is 78.0 Å². The summed E-state index contributed by atoms with van der Waals surface area (Å²) in [7, 11) is 3.99. The molecule has 0 fully saturated rings. The third-order valence-electron chi connectivity index (χ3n) is 4.21. The molecule has 0 unspecified atom stereocenters. The zero-order valence-corrected chi connectivity index (χ0v) is 15.9. The average Bonchev–Trinajstić information content (AvgIpc) is 3.13.